The molecule has 15 heavy (non-hydrogen) atoms. The van der Waals surface area contributed by atoms with E-state index in [1.807, 2.05) is 20.8 Å². The number of nitrogens with one attached hydrogen (secondary N) is 1. The van der Waals surface area contributed by atoms with Gasteiger partial charge in [-0.25, -0.2) is 4.79 Å². The van der Waals surface area contributed by atoms with E-state index in [-0.39, 0.29) is 18.0 Å². The molecule has 1 aliphatic heterocycles. The number of hydrogen-bond acceptors (Lipinski definition) is 2. The van der Waals surface area contributed by atoms with Crippen molar-refractivity contribution in [3.8, 4) is 0 Å². The molecule has 0 aromatic rings. The van der Waals surface area contributed by atoms with Gasteiger partial charge in [0.2, 0.25) is 0 Å². The van der Waals surface area contributed by atoms with Gasteiger partial charge in [-0.05, 0) is 18.8 Å². The Balaban J connectivity index is 2.54. The van der Waals surface area contributed by atoms with Crippen molar-refractivity contribution < 1.29 is 9.59 Å². The quantitative estimate of drug-likeness (QED) is 0.706. The molecule has 0 aromatic carbocycles. The van der Waals surface area contributed by atoms with Gasteiger partial charge >= 0.3 is 6.03 Å². The summed E-state index contributed by atoms with van der Waals surface area (Å²) in [7, 11) is 0. The minimum absolute atomic E-state index is 0.0536. The molecule has 1 saturated heterocycles. The summed E-state index contributed by atoms with van der Waals surface area (Å²) in [5.74, 6) is 0.368. The van der Waals surface area contributed by atoms with Gasteiger partial charge in [-0.1, -0.05) is 27.2 Å². The molecule has 4 nitrogen and oxygen atoms in total. The van der Waals surface area contributed by atoms with E-state index in [2.05, 4.69) is 5.32 Å². The average Bonchev–Trinajstić information content (AvgIpc) is 2.39. The predicted molar refractivity (Wildman–Crippen MR) is 58.4 cm³/mol. The van der Waals surface area contributed by atoms with Gasteiger partial charge < -0.3 is 5.32 Å². The van der Waals surface area contributed by atoms with Crippen LogP contribution in [0.15, 0.2) is 0 Å². The first-order valence-electron chi connectivity index (χ1n) is 5.68. The van der Waals surface area contributed by atoms with E-state index in [9.17, 15) is 9.59 Å². The Morgan fingerprint density at radius 3 is 2.60 bits per heavy atom. The summed E-state index contributed by atoms with van der Waals surface area (Å²) in [5.41, 5.74) is 0. The van der Waals surface area contributed by atoms with Gasteiger partial charge in [0.1, 0.15) is 6.04 Å². The van der Waals surface area contributed by atoms with Crippen LogP contribution in [0.3, 0.4) is 0 Å². The number of nitrogens with zero attached hydrogens (tertiary/aromatic N) is 1. The molecular weight excluding hydrogens is 192 g/mol. The van der Waals surface area contributed by atoms with Crippen LogP contribution in [0.4, 0.5) is 4.79 Å². The lowest BCUT2D eigenvalue weighted by Crippen LogP contribution is -2.32. The number of carbonyl (C=O) groups excluding carboxylic acids is 2. The SMILES string of the molecule is CCCCN1C(=O)N[C@@H](CC(C)C)C1=O. The fraction of sp³-hybridized carbons (Fsp3) is 0.818. The summed E-state index contributed by atoms with van der Waals surface area (Å²) in [6.07, 6.45) is 2.60. The highest BCUT2D eigenvalue weighted by Crippen LogP contribution is 2.14. The Labute approximate surface area is 91.0 Å². The van der Waals surface area contributed by atoms with Crippen LogP contribution in [0.1, 0.15) is 40.0 Å². The van der Waals surface area contributed by atoms with Gasteiger partial charge in [0.15, 0.2) is 0 Å². The van der Waals surface area contributed by atoms with Gasteiger partial charge in [0, 0.05) is 6.54 Å². The number of imide groups is 1. The van der Waals surface area contributed by atoms with Crippen LogP contribution in [-0.2, 0) is 4.79 Å². The number of carbonyl (C=O) groups is 2. The molecule has 1 rings (SSSR count). The monoisotopic (exact) mass is 212 g/mol. The first kappa shape index (κ1) is 12.0. The van der Waals surface area contributed by atoms with E-state index in [0.29, 0.717) is 12.5 Å². The molecule has 0 radical (unpaired) electrons. The normalized spacial score (nSPS) is 21.3. The van der Waals surface area contributed by atoms with Gasteiger partial charge in [-0.15, -0.1) is 0 Å². The van der Waals surface area contributed by atoms with Crippen LogP contribution in [0.25, 0.3) is 0 Å². The van der Waals surface area contributed by atoms with Crippen molar-refractivity contribution in [1.29, 1.82) is 0 Å². The lowest BCUT2D eigenvalue weighted by Gasteiger charge is -2.12. The number of urea groups is 1. The molecule has 0 saturated carbocycles. The molecule has 1 fully saturated rings. The second kappa shape index (κ2) is 5.14. The zero-order chi connectivity index (χ0) is 11.4. The summed E-state index contributed by atoms with van der Waals surface area (Å²) in [5, 5.41) is 2.73. The second-order valence-electron chi connectivity index (χ2n) is 4.48. The molecular formula is C11H20N2O2. The van der Waals surface area contributed by atoms with Crippen molar-refractivity contribution in [1.82, 2.24) is 10.2 Å². The lowest BCUT2D eigenvalue weighted by molar-refractivity contribution is -0.127. The van der Waals surface area contributed by atoms with E-state index in [4.69, 9.17) is 0 Å². The zero-order valence-corrected chi connectivity index (χ0v) is 9.75. The maximum atomic E-state index is 11.8. The predicted octanol–water partition coefficient (Wildman–Crippen LogP) is 1.75. The first-order chi connectivity index (χ1) is 7.06. The fourth-order valence-electron chi connectivity index (χ4n) is 1.74. The second-order valence-corrected chi connectivity index (χ2v) is 4.48. The summed E-state index contributed by atoms with van der Waals surface area (Å²) in [6.45, 7) is 6.70. The van der Waals surface area contributed by atoms with Crippen LogP contribution in [-0.4, -0.2) is 29.4 Å². The number of unbranched alkanes of at least 4 members (excludes halogenated alkanes) is 1. The third-order valence-electron chi connectivity index (χ3n) is 2.55. The van der Waals surface area contributed by atoms with Crippen LogP contribution in [0, 0.1) is 5.92 Å². The fourth-order valence-corrected chi connectivity index (χ4v) is 1.74. The average molecular weight is 212 g/mol. The summed E-state index contributed by atoms with van der Waals surface area (Å²) in [6, 6.07) is -0.520. The van der Waals surface area contributed by atoms with Crippen LogP contribution >= 0.6 is 0 Å². The Kier molecular flexibility index (Phi) is 4.12. The van der Waals surface area contributed by atoms with Crippen molar-refractivity contribution in [3.63, 3.8) is 0 Å². The maximum Gasteiger partial charge on any atom is 0.324 e. The van der Waals surface area contributed by atoms with Gasteiger partial charge in [0.25, 0.3) is 5.91 Å². The molecule has 1 N–H and O–H groups in total. The Morgan fingerprint density at radius 1 is 1.40 bits per heavy atom. The molecule has 1 heterocycles. The topological polar surface area (TPSA) is 49.4 Å². The van der Waals surface area contributed by atoms with E-state index < -0.39 is 0 Å². The maximum absolute atomic E-state index is 11.8. The highest BCUT2D eigenvalue weighted by Gasteiger charge is 2.37. The highest BCUT2D eigenvalue weighted by molar-refractivity contribution is 6.04. The smallest absolute Gasteiger partial charge is 0.324 e. The van der Waals surface area contributed by atoms with Gasteiger partial charge in [-0.2, -0.15) is 0 Å². The largest absolute Gasteiger partial charge is 0.326 e. The standard InChI is InChI=1S/C11H20N2O2/c1-4-5-6-13-10(14)9(7-8(2)3)12-11(13)15/h8-9H,4-7H2,1-3H3,(H,12,15)/t9-/m0/s1. The van der Waals surface area contributed by atoms with Crippen molar-refractivity contribution >= 4 is 11.9 Å². The van der Waals surface area contributed by atoms with Crippen LogP contribution in [0.5, 0.6) is 0 Å². The van der Waals surface area contributed by atoms with E-state index >= 15 is 0 Å². The summed E-state index contributed by atoms with van der Waals surface area (Å²) < 4.78 is 0. The molecule has 1 aliphatic rings. The van der Waals surface area contributed by atoms with Crippen molar-refractivity contribution in [2.45, 2.75) is 46.1 Å². The lowest BCUT2D eigenvalue weighted by atomic mass is 10.0. The van der Waals surface area contributed by atoms with E-state index in [1.54, 1.807) is 0 Å². The highest BCUT2D eigenvalue weighted by atomic mass is 16.2. The molecule has 3 amide bonds. The van der Waals surface area contributed by atoms with Crippen LogP contribution < -0.4 is 5.32 Å². The summed E-state index contributed by atoms with van der Waals surface area (Å²) >= 11 is 0. The van der Waals surface area contributed by atoms with E-state index in [1.165, 1.54) is 4.90 Å². The minimum Gasteiger partial charge on any atom is -0.326 e. The van der Waals surface area contributed by atoms with Gasteiger partial charge in [0.05, 0.1) is 0 Å². The molecule has 0 spiro atoms. The minimum atomic E-state index is -0.297. The molecule has 0 bridgehead atoms. The Bertz CT molecular complexity index is 251. The Morgan fingerprint density at radius 2 is 2.07 bits per heavy atom. The number of rotatable bonds is 5. The number of amides is 3. The van der Waals surface area contributed by atoms with Crippen LogP contribution in [0.2, 0.25) is 0 Å². The molecule has 86 valence electrons. The first-order valence-corrected chi connectivity index (χ1v) is 5.68. The van der Waals surface area contributed by atoms with Gasteiger partial charge in [-0.3, -0.25) is 9.69 Å². The molecule has 4 heteroatoms. The molecule has 1 atom stereocenters. The van der Waals surface area contributed by atoms with Crippen molar-refractivity contribution in [2.24, 2.45) is 5.92 Å². The van der Waals surface area contributed by atoms with E-state index in [0.717, 1.165) is 19.3 Å². The third kappa shape index (κ3) is 2.94. The van der Waals surface area contributed by atoms with Crippen molar-refractivity contribution in [3.05, 3.63) is 0 Å². The number of hydrogen-bond donors (Lipinski definition) is 1. The summed E-state index contributed by atoms with van der Waals surface area (Å²) in [4.78, 5) is 24.6. The van der Waals surface area contributed by atoms with Crippen molar-refractivity contribution in [2.75, 3.05) is 6.54 Å². The molecule has 0 unspecified atom stereocenters. The Hall–Kier alpha value is -1.06. The molecule has 0 aliphatic carbocycles. The zero-order valence-electron chi connectivity index (χ0n) is 9.75. The third-order valence-corrected chi connectivity index (χ3v) is 2.55. The molecule has 0 aromatic heterocycles.